The van der Waals surface area contributed by atoms with Crippen LogP contribution in [0.4, 0.5) is 5.69 Å². The molecule has 0 bridgehead atoms. The predicted molar refractivity (Wildman–Crippen MR) is 101 cm³/mol. The Hall–Kier alpha value is -1.78. The Balaban J connectivity index is 0.000000256. The van der Waals surface area contributed by atoms with E-state index in [1.807, 2.05) is 26.8 Å². The minimum Gasteiger partial charge on any atom is -0.462 e. The minimum atomic E-state index is -0.318. The normalized spacial score (nSPS) is 14.8. The number of hydrogen-bond donors (Lipinski definition) is 1. The highest BCUT2D eigenvalue weighted by atomic mass is 35.5. The molecule has 0 aliphatic carbocycles. The monoisotopic (exact) mass is 348 g/mol. The highest BCUT2D eigenvalue weighted by molar-refractivity contribution is 6.31. The van der Waals surface area contributed by atoms with Crippen molar-refractivity contribution in [3.63, 3.8) is 0 Å². The summed E-state index contributed by atoms with van der Waals surface area (Å²) in [6, 6.07) is 12.5. The standard InChI is InChI=1S/C14H15ClN2.C5H10O2/c15-12-5-4-11-2-1-3-14(13(11)10-12)17-8-6-16-7-9-17;1-5(2,3)7-4-6/h1-5,10,16H,6-9H2;4H,1-3H3. The van der Waals surface area contributed by atoms with Gasteiger partial charge in [-0.15, -0.1) is 0 Å². The fourth-order valence-corrected chi connectivity index (χ4v) is 2.73. The van der Waals surface area contributed by atoms with Crippen LogP contribution in [0.1, 0.15) is 20.8 Å². The van der Waals surface area contributed by atoms with E-state index in [1.54, 1.807) is 0 Å². The zero-order valence-electron chi connectivity index (χ0n) is 14.5. The second-order valence-electron chi connectivity index (χ2n) is 6.71. The predicted octanol–water partition coefficient (Wildman–Crippen LogP) is 3.86. The van der Waals surface area contributed by atoms with E-state index in [4.69, 9.17) is 11.6 Å². The Morgan fingerprint density at radius 2 is 1.88 bits per heavy atom. The van der Waals surface area contributed by atoms with Crippen LogP contribution in [0.15, 0.2) is 36.4 Å². The third kappa shape index (κ3) is 5.39. The fourth-order valence-electron chi connectivity index (χ4n) is 2.55. The first-order chi connectivity index (χ1) is 11.4. The molecule has 1 N–H and O–H groups in total. The lowest BCUT2D eigenvalue weighted by molar-refractivity contribution is -0.138. The van der Waals surface area contributed by atoms with Crippen LogP contribution in [0, 0.1) is 0 Å². The van der Waals surface area contributed by atoms with E-state index in [0.29, 0.717) is 6.47 Å². The molecule has 130 valence electrons. The first kappa shape index (κ1) is 18.6. The van der Waals surface area contributed by atoms with Crippen LogP contribution >= 0.6 is 11.6 Å². The topological polar surface area (TPSA) is 41.6 Å². The van der Waals surface area contributed by atoms with E-state index in [2.05, 4.69) is 45.3 Å². The second-order valence-corrected chi connectivity index (χ2v) is 7.14. The summed E-state index contributed by atoms with van der Waals surface area (Å²) in [4.78, 5) is 12.0. The Kier molecular flexibility index (Phi) is 6.46. The van der Waals surface area contributed by atoms with Crippen LogP contribution in [-0.2, 0) is 9.53 Å². The van der Waals surface area contributed by atoms with Gasteiger partial charge in [0.25, 0.3) is 6.47 Å². The number of ether oxygens (including phenoxy) is 1. The number of piperazine rings is 1. The summed E-state index contributed by atoms with van der Waals surface area (Å²) in [6.45, 7) is 10.1. The first-order valence-corrected chi connectivity index (χ1v) is 8.54. The Morgan fingerprint density at radius 1 is 1.17 bits per heavy atom. The highest BCUT2D eigenvalue weighted by Crippen LogP contribution is 2.29. The van der Waals surface area contributed by atoms with Crippen LogP contribution in [0.2, 0.25) is 5.02 Å². The van der Waals surface area contributed by atoms with Gasteiger partial charge in [-0.2, -0.15) is 0 Å². The summed E-state index contributed by atoms with van der Waals surface area (Å²) in [6.07, 6.45) is 0. The number of halogens is 1. The molecular weight excluding hydrogens is 324 g/mol. The summed E-state index contributed by atoms with van der Waals surface area (Å²) in [5.74, 6) is 0. The van der Waals surface area contributed by atoms with Crippen molar-refractivity contribution >= 4 is 34.5 Å². The Morgan fingerprint density at radius 3 is 2.46 bits per heavy atom. The summed E-state index contributed by atoms with van der Waals surface area (Å²) in [5.41, 5.74) is 0.980. The van der Waals surface area contributed by atoms with Gasteiger partial charge in [-0.1, -0.05) is 29.8 Å². The third-order valence-electron chi connectivity index (χ3n) is 3.68. The minimum absolute atomic E-state index is 0.318. The van der Waals surface area contributed by atoms with Gasteiger partial charge in [0.05, 0.1) is 0 Å². The molecule has 0 radical (unpaired) electrons. The first-order valence-electron chi connectivity index (χ1n) is 8.16. The van der Waals surface area contributed by atoms with Crippen LogP contribution in [0.5, 0.6) is 0 Å². The quantitative estimate of drug-likeness (QED) is 0.837. The maximum atomic E-state index is 9.60. The molecule has 0 spiro atoms. The number of carbonyl (C=O) groups is 1. The van der Waals surface area contributed by atoms with Crippen molar-refractivity contribution in [1.82, 2.24) is 5.32 Å². The molecule has 0 saturated carbocycles. The molecule has 1 heterocycles. The van der Waals surface area contributed by atoms with E-state index in [0.717, 1.165) is 31.2 Å². The number of carbonyl (C=O) groups excluding carboxylic acids is 1. The lowest BCUT2D eigenvalue weighted by Crippen LogP contribution is -2.43. The summed E-state index contributed by atoms with van der Waals surface area (Å²) < 4.78 is 4.55. The number of nitrogens with one attached hydrogen (secondary N) is 1. The van der Waals surface area contributed by atoms with Crippen LogP contribution in [0.3, 0.4) is 0 Å². The van der Waals surface area contributed by atoms with Gasteiger partial charge >= 0.3 is 0 Å². The molecule has 0 unspecified atom stereocenters. The SMILES string of the molecule is CC(C)(C)OC=O.Clc1ccc2cccc(N3CCNCC3)c2c1. The third-order valence-corrected chi connectivity index (χ3v) is 3.92. The number of benzene rings is 2. The van der Waals surface area contributed by atoms with Crippen molar-refractivity contribution in [3.05, 3.63) is 41.4 Å². The second kappa shape index (κ2) is 8.36. The maximum absolute atomic E-state index is 9.60. The lowest BCUT2D eigenvalue weighted by atomic mass is 10.1. The molecule has 1 aliphatic heterocycles. The molecule has 0 amide bonds. The molecule has 0 aromatic heterocycles. The summed E-state index contributed by atoms with van der Waals surface area (Å²) in [7, 11) is 0. The Bertz CT molecular complexity index is 677. The van der Waals surface area contributed by atoms with Gasteiger partial charge in [-0.3, -0.25) is 4.79 Å². The summed E-state index contributed by atoms with van der Waals surface area (Å²) in [5, 5.41) is 6.69. The molecular formula is C19H25ClN2O2. The van der Waals surface area contributed by atoms with Gasteiger partial charge < -0.3 is 15.0 Å². The lowest BCUT2D eigenvalue weighted by Gasteiger charge is -2.30. The fraction of sp³-hybridized carbons (Fsp3) is 0.421. The largest absolute Gasteiger partial charge is 0.462 e. The number of rotatable bonds is 2. The molecule has 1 fully saturated rings. The number of hydrogen-bond acceptors (Lipinski definition) is 4. The molecule has 1 saturated heterocycles. The molecule has 5 heteroatoms. The van der Waals surface area contributed by atoms with E-state index < -0.39 is 0 Å². The van der Waals surface area contributed by atoms with Gasteiger partial charge in [-0.25, -0.2) is 0 Å². The molecule has 1 aliphatic rings. The van der Waals surface area contributed by atoms with Gasteiger partial charge in [0.2, 0.25) is 0 Å². The maximum Gasteiger partial charge on any atom is 0.293 e. The van der Waals surface area contributed by atoms with Gasteiger partial charge in [0, 0.05) is 42.3 Å². The number of nitrogens with zero attached hydrogens (tertiary/aromatic N) is 1. The zero-order chi connectivity index (χ0) is 17.6. The Labute approximate surface area is 148 Å². The van der Waals surface area contributed by atoms with Crippen molar-refractivity contribution in [2.24, 2.45) is 0 Å². The number of fused-ring (bicyclic) bond motifs is 1. The average molecular weight is 349 g/mol. The van der Waals surface area contributed by atoms with E-state index >= 15 is 0 Å². The zero-order valence-corrected chi connectivity index (χ0v) is 15.3. The molecule has 0 atom stereocenters. The number of anilines is 1. The van der Waals surface area contributed by atoms with Crippen molar-refractivity contribution in [1.29, 1.82) is 0 Å². The summed E-state index contributed by atoms with van der Waals surface area (Å²) >= 11 is 6.10. The van der Waals surface area contributed by atoms with Crippen molar-refractivity contribution in [2.75, 3.05) is 31.1 Å². The highest BCUT2D eigenvalue weighted by Gasteiger charge is 2.12. The smallest absolute Gasteiger partial charge is 0.293 e. The van der Waals surface area contributed by atoms with Crippen LogP contribution < -0.4 is 10.2 Å². The molecule has 24 heavy (non-hydrogen) atoms. The van der Waals surface area contributed by atoms with Crippen molar-refractivity contribution in [2.45, 2.75) is 26.4 Å². The van der Waals surface area contributed by atoms with Gasteiger partial charge in [0.1, 0.15) is 5.60 Å². The van der Waals surface area contributed by atoms with Gasteiger partial charge in [-0.05, 0) is 44.4 Å². The molecule has 2 aromatic carbocycles. The van der Waals surface area contributed by atoms with E-state index in [1.165, 1.54) is 16.5 Å². The van der Waals surface area contributed by atoms with Crippen molar-refractivity contribution < 1.29 is 9.53 Å². The molecule has 2 aromatic rings. The molecule has 4 nitrogen and oxygen atoms in total. The van der Waals surface area contributed by atoms with E-state index in [9.17, 15) is 4.79 Å². The van der Waals surface area contributed by atoms with Crippen molar-refractivity contribution in [3.8, 4) is 0 Å². The molecule has 3 rings (SSSR count). The van der Waals surface area contributed by atoms with Gasteiger partial charge in [0.15, 0.2) is 0 Å². The van der Waals surface area contributed by atoms with Crippen LogP contribution in [0.25, 0.3) is 10.8 Å². The van der Waals surface area contributed by atoms with E-state index in [-0.39, 0.29) is 5.60 Å². The van der Waals surface area contributed by atoms with Crippen LogP contribution in [-0.4, -0.2) is 38.3 Å². The average Bonchev–Trinajstić information content (AvgIpc) is 2.54.